The summed E-state index contributed by atoms with van der Waals surface area (Å²) in [4.78, 5) is 4.98. The zero-order valence-electron chi connectivity index (χ0n) is 10.4. The highest BCUT2D eigenvalue weighted by Gasteiger charge is 2.37. The summed E-state index contributed by atoms with van der Waals surface area (Å²) < 4.78 is 0. The molecule has 1 aliphatic carbocycles. The topological polar surface area (TPSA) is 18.5 Å². The van der Waals surface area contributed by atoms with E-state index in [9.17, 15) is 0 Å². The van der Waals surface area contributed by atoms with E-state index in [1.54, 1.807) is 0 Å². The van der Waals surface area contributed by atoms with Gasteiger partial charge in [-0.15, -0.1) is 0 Å². The first kappa shape index (κ1) is 11.4. The first-order chi connectivity index (χ1) is 7.20. The number of hydrogen-bond acceptors (Lipinski definition) is 3. The molecule has 0 spiro atoms. The first-order valence-corrected chi connectivity index (χ1v) is 6.27. The zero-order chi connectivity index (χ0) is 10.8. The van der Waals surface area contributed by atoms with Gasteiger partial charge in [0.1, 0.15) is 0 Å². The van der Waals surface area contributed by atoms with Crippen molar-refractivity contribution in [2.75, 3.05) is 40.8 Å². The van der Waals surface area contributed by atoms with Gasteiger partial charge in [-0.1, -0.05) is 6.42 Å². The Bertz CT molecular complexity index is 201. The number of rotatable bonds is 3. The van der Waals surface area contributed by atoms with Crippen LogP contribution >= 0.6 is 0 Å². The Morgan fingerprint density at radius 3 is 2.53 bits per heavy atom. The minimum absolute atomic E-state index is 0.707. The van der Waals surface area contributed by atoms with Gasteiger partial charge < -0.3 is 10.2 Å². The summed E-state index contributed by atoms with van der Waals surface area (Å²) in [6, 6.07) is 1.45. The summed E-state index contributed by atoms with van der Waals surface area (Å²) in [6.45, 7) is 3.51. The van der Waals surface area contributed by atoms with E-state index in [1.807, 2.05) is 0 Å². The summed E-state index contributed by atoms with van der Waals surface area (Å²) in [6.07, 6.45) is 4.32. The third kappa shape index (κ3) is 2.35. The van der Waals surface area contributed by atoms with Crippen LogP contribution in [0.15, 0.2) is 0 Å². The molecule has 1 saturated heterocycles. The van der Waals surface area contributed by atoms with Gasteiger partial charge in [0.05, 0.1) is 0 Å². The fourth-order valence-corrected chi connectivity index (χ4v) is 3.07. The molecule has 1 aliphatic heterocycles. The van der Waals surface area contributed by atoms with Crippen LogP contribution in [0.1, 0.15) is 19.3 Å². The molecular weight excluding hydrogens is 186 g/mol. The zero-order valence-corrected chi connectivity index (χ0v) is 10.4. The highest BCUT2D eigenvalue weighted by Crippen LogP contribution is 2.34. The Balaban J connectivity index is 2.01. The van der Waals surface area contributed by atoms with Crippen molar-refractivity contribution < 1.29 is 0 Å². The first-order valence-electron chi connectivity index (χ1n) is 6.27. The Morgan fingerprint density at radius 2 is 2.07 bits per heavy atom. The maximum absolute atomic E-state index is 3.54. The van der Waals surface area contributed by atoms with Crippen molar-refractivity contribution in [3.8, 4) is 0 Å². The number of likely N-dealkylation sites (N-methyl/N-ethyl adjacent to an activating group) is 2. The van der Waals surface area contributed by atoms with Gasteiger partial charge in [0.2, 0.25) is 0 Å². The maximum Gasteiger partial charge on any atom is 0.0376 e. The molecule has 0 radical (unpaired) electrons. The van der Waals surface area contributed by atoms with Gasteiger partial charge in [0.25, 0.3) is 0 Å². The Morgan fingerprint density at radius 1 is 1.33 bits per heavy atom. The van der Waals surface area contributed by atoms with E-state index in [0.29, 0.717) is 6.04 Å². The quantitative estimate of drug-likeness (QED) is 0.738. The molecule has 2 unspecified atom stereocenters. The second-order valence-corrected chi connectivity index (χ2v) is 5.40. The maximum atomic E-state index is 3.54. The summed E-state index contributed by atoms with van der Waals surface area (Å²) in [7, 11) is 6.76. The molecule has 2 fully saturated rings. The Labute approximate surface area is 93.8 Å². The van der Waals surface area contributed by atoms with Crippen molar-refractivity contribution in [2.24, 2.45) is 5.92 Å². The molecule has 0 aromatic heterocycles. The molecule has 15 heavy (non-hydrogen) atoms. The van der Waals surface area contributed by atoms with Gasteiger partial charge in [0.15, 0.2) is 0 Å². The largest absolute Gasteiger partial charge is 0.314 e. The average molecular weight is 211 g/mol. The number of nitrogens with one attached hydrogen (secondary N) is 1. The van der Waals surface area contributed by atoms with Crippen LogP contribution in [0.2, 0.25) is 0 Å². The van der Waals surface area contributed by atoms with Gasteiger partial charge in [-0.2, -0.15) is 0 Å². The molecule has 88 valence electrons. The molecule has 1 N–H and O–H groups in total. The molecule has 3 heteroatoms. The van der Waals surface area contributed by atoms with E-state index in [1.165, 1.54) is 25.8 Å². The summed E-state index contributed by atoms with van der Waals surface area (Å²) in [5, 5.41) is 3.54. The molecular formula is C12H25N3. The lowest BCUT2D eigenvalue weighted by Crippen LogP contribution is -2.61. The number of nitrogens with zero attached hydrogens (tertiary/aromatic N) is 2. The van der Waals surface area contributed by atoms with E-state index >= 15 is 0 Å². The lowest BCUT2D eigenvalue weighted by Gasteiger charge is -2.47. The molecule has 3 nitrogen and oxygen atoms in total. The lowest BCUT2D eigenvalue weighted by atomic mass is 9.76. The standard InChI is InChI=1S/C12H25N3/c1-14(2)12(10-5-4-6-10)11-9-13-7-8-15(11)3/h10-13H,4-9H2,1-3H3. The van der Waals surface area contributed by atoms with Crippen molar-refractivity contribution in [1.82, 2.24) is 15.1 Å². The summed E-state index contributed by atoms with van der Waals surface area (Å²) in [5.74, 6) is 0.937. The fourth-order valence-electron chi connectivity index (χ4n) is 3.07. The predicted octanol–water partition coefficient (Wildman–Crippen LogP) is 0.620. The Kier molecular flexibility index (Phi) is 3.65. The molecule has 2 aliphatic rings. The third-order valence-corrected chi connectivity index (χ3v) is 4.18. The van der Waals surface area contributed by atoms with E-state index < -0.39 is 0 Å². The highest BCUT2D eigenvalue weighted by atomic mass is 15.3. The van der Waals surface area contributed by atoms with Crippen LogP contribution in [0.4, 0.5) is 0 Å². The minimum Gasteiger partial charge on any atom is -0.314 e. The molecule has 0 aromatic rings. The predicted molar refractivity (Wildman–Crippen MR) is 64.1 cm³/mol. The van der Waals surface area contributed by atoms with Crippen LogP contribution < -0.4 is 5.32 Å². The second kappa shape index (κ2) is 4.81. The fraction of sp³-hybridized carbons (Fsp3) is 1.00. The van der Waals surface area contributed by atoms with Gasteiger partial charge in [-0.05, 0) is 39.9 Å². The van der Waals surface area contributed by atoms with Crippen LogP contribution in [0.5, 0.6) is 0 Å². The third-order valence-electron chi connectivity index (χ3n) is 4.18. The van der Waals surface area contributed by atoms with Crippen molar-refractivity contribution in [3.63, 3.8) is 0 Å². The van der Waals surface area contributed by atoms with Gasteiger partial charge in [0, 0.05) is 31.7 Å². The van der Waals surface area contributed by atoms with Crippen molar-refractivity contribution in [2.45, 2.75) is 31.3 Å². The van der Waals surface area contributed by atoms with Crippen LogP contribution in [0.25, 0.3) is 0 Å². The molecule has 0 amide bonds. The second-order valence-electron chi connectivity index (χ2n) is 5.40. The number of hydrogen-bond donors (Lipinski definition) is 1. The minimum atomic E-state index is 0.707. The van der Waals surface area contributed by atoms with Gasteiger partial charge in [-0.3, -0.25) is 4.90 Å². The normalized spacial score (nSPS) is 31.6. The van der Waals surface area contributed by atoms with Gasteiger partial charge >= 0.3 is 0 Å². The molecule has 2 atom stereocenters. The average Bonchev–Trinajstić information content (AvgIpc) is 2.12. The smallest absolute Gasteiger partial charge is 0.0376 e. The molecule has 1 saturated carbocycles. The molecule has 1 heterocycles. The monoisotopic (exact) mass is 211 g/mol. The van der Waals surface area contributed by atoms with Crippen LogP contribution in [-0.2, 0) is 0 Å². The SMILES string of the molecule is CN(C)C(C1CCC1)C1CNCCN1C. The molecule has 0 aromatic carbocycles. The van der Waals surface area contributed by atoms with Crippen molar-refractivity contribution in [3.05, 3.63) is 0 Å². The van der Waals surface area contributed by atoms with Crippen molar-refractivity contribution >= 4 is 0 Å². The van der Waals surface area contributed by atoms with Crippen LogP contribution in [0, 0.1) is 5.92 Å². The van der Waals surface area contributed by atoms with Gasteiger partial charge in [-0.25, -0.2) is 0 Å². The summed E-state index contributed by atoms with van der Waals surface area (Å²) in [5.41, 5.74) is 0. The molecule has 2 rings (SSSR count). The van der Waals surface area contributed by atoms with Crippen LogP contribution in [0.3, 0.4) is 0 Å². The molecule has 0 bridgehead atoms. The summed E-state index contributed by atoms with van der Waals surface area (Å²) >= 11 is 0. The highest BCUT2D eigenvalue weighted by molar-refractivity contribution is 4.94. The Hall–Kier alpha value is -0.120. The van der Waals surface area contributed by atoms with E-state index in [-0.39, 0.29) is 0 Å². The van der Waals surface area contributed by atoms with Crippen molar-refractivity contribution in [1.29, 1.82) is 0 Å². The number of piperazine rings is 1. The van der Waals surface area contributed by atoms with E-state index in [0.717, 1.165) is 25.0 Å². The van der Waals surface area contributed by atoms with Crippen LogP contribution in [-0.4, -0.2) is 62.7 Å². The van der Waals surface area contributed by atoms with E-state index in [4.69, 9.17) is 0 Å². The van der Waals surface area contributed by atoms with E-state index in [2.05, 4.69) is 36.3 Å². The lowest BCUT2D eigenvalue weighted by molar-refractivity contribution is 0.0425.